The van der Waals surface area contributed by atoms with Crippen molar-refractivity contribution >= 4 is 5.91 Å². The van der Waals surface area contributed by atoms with E-state index in [-0.39, 0.29) is 17.9 Å². The average Bonchev–Trinajstić information content (AvgIpc) is 3.16. The first kappa shape index (κ1) is 19.6. The van der Waals surface area contributed by atoms with E-state index in [1.54, 1.807) is 0 Å². The zero-order valence-electron chi connectivity index (χ0n) is 16.3. The van der Waals surface area contributed by atoms with E-state index >= 15 is 0 Å². The van der Waals surface area contributed by atoms with Gasteiger partial charge in [-0.3, -0.25) is 4.79 Å². The smallest absolute Gasteiger partial charge is 0.225 e. The van der Waals surface area contributed by atoms with Crippen molar-refractivity contribution in [3.8, 4) is 11.3 Å². The molecular weight excluding hydrogens is 338 g/mol. The quantitative estimate of drug-likeness (QED) is 0.713. The monoisotopic (exact) mass is 369 g/mol. The summed E-state index contributed by atoms with van der Waals surface area (Å²) in [7, 11) is 1.92. The number of aromatic nitrogens is 1. The summed E-state index contributed by atoms with van der Waals surface area (Å²) in [5.41, 5.74) is 7.98. The summed E-state index contributed by atoms with van der Waals surface area (Å²) < 4.78 is 5.45. The van der Waals surface area contributed by atoms with Crippen LogP contribution in [0.2, 0.25) is 0 Å². The molecule has 1 fully saturated rings. The molecule has 1 amide bonds. The van der Waals surface area contributed by atoms with E-state index < -0.39 is 0 Å². The van der Waals surface area contributed by atoms with Crippen LogP contribution >= 0.6 is 0 Å². The third-order valence-corrected chi connectivity index (χ3v) is 5.49. The van der Waals surface area contributed by atoms with Crippen molar-refractivity contribution < 1.29 is 9.32 Å². The maximum atomic E-state index is 12.5. The number of benzene rings is 1. The van der Waals surface area contributed by atoms with E-state index in [1.165, 1.54) is 0 Å². The topological polar surface area (TPSA) is 72.4 Å². The van der Waals surface area contributed by atoms with Crippen molar-refractivity contribution in [1.29, 1.82) is 0 Å². The number of nitrogens with two attached hydrogens (primary N) is 1. The van der Waals surface area contributed by atoms with Crippen LogP contribution in [0, 0.1) is 5.92 Å². The van der Waals surface area contributed by atoms with Crippen LogP contribution < -0.4 is 5.73 Å². The van der Waals surface area contributed by atoms with Crippen LogP contribution in [0.5, 0.6) is 0 Å². The largest absolute Gasteiger partial charge is 0.361 e. The van der Waals surface area contributed by atoms with Gasteiger partial charge in [0, 0.05) is 43.6 Å². The normalized spacial score (nSPS) is 19.8. The third-order valence-electron chi connectivity index (χ3n) is 5.49. The lowest BCUT2D eigenvalue weighted by Crippen LogP contribution is -2.39. The number of carbonyl (C=O) groups excluding carboxylic acids is 1. The highest BCUT2D eigenvalue weighted by Crippen LogP contribution is 2.25. The molecule has 0 aliphatic heterocycles. The maximum Gasteiger partial charge on any atom is 0.225 e. The molecule has 2 N–H and O–H groups in total. The number of amides is 1. The van der Waals surface area contributed by atoms with Crippen molar-refractivity contribution in [2.45, 2.75) is 57.4 Å². The van der Waals surface area contributed by atoms with Crippen molar-refractivity contribution in [3.05, 3.63) is 42.2 Å². The number of hydrogen-bond donors (Lipinski definition) is 1. The van der Waals surface area contributed by atoms with E-state index in [0.717, 1.165) is 74.9 Å². The minimum Gasteiger partial charge on any atom is -0.361 e. The van der Waals surface area contributed by atoms with Crippen molar-refractivity contribution in [1.82, 2.24) is 10.1 Å². The Kier molecular flexibility index (Phi) is 7.04. The van der Waals surface area contributed by atoms with E-state index in [1.807, 2.05) is 48.3 Å². The molecule has 2 aromatic rings. The number of aryl methyl sites for hydroxylation is 1. The fourth-order valence-corrected chi connectivity index (χ4v) is 3.87. The van der Waals surface area contributed by atoms with E-state index in [9.17, 15) is 4.79 Å². The predicted molar refractivity (Wildman–Crippen MR) is 107 cm³/mol. The first-order valence-electron chi connectivity index (χ1n) is 10.1. The summed E-state index contributed by atoms with van der Waals surface area (Å²) >= 11 is 0. The molecule has 1 heterocycles. The van der Waals surface area contributed by atoms with Gasteiger partial charge in [-0.15, -0.1) is 0 Å². The first-order valence-corrected chi connectivity index (χ1v) is 10.1. The van der Waals surface area contributed by atoms with Crippen LogP contribution in [-0.2, 0) is 11.2 Å². The summed E-state index contributed by atoms with van der Waals surface area (Å²) in [6, 6.07) is 12.3. The van der Waals surface area contributed by atoms with Gasteiger partial charge >= 0.3 is 0 Å². The highest BCUT2D eigenvalue weighted by Gasteiger charge is 2.27. The van der Waals surface area contributed by atoms with Gasteiger partial charge in [0.15, 0.2) is 0 Å². The van der Waals surface area contributed by atoms with Gasteiger partial charge in [-0.05, 0) is 32.1 Å². The number of unbranched alkanes of at least 4 members (excludes halogenated alkanes) is 2. The molecule has 146 valence electrons. The number of nitrogens with zero attached hydrogens (tertiary/aromatic N) is 2. The van der Waals surface area contributed by atoms with Crippen LogP contribution in [0.1, 0.15) is 50.7 Å². The van der Waals surface area contributed by atoms with Crippen molar-refractivity contribution in [2.24, 2.45) is 11.7 Å². The van der Waals surface area contributed by atoms with Gasteiger partial charge < -0.3 is 15.2 Å². The van der Waals surface area contributed by atoms with Gasteiger partial charge in [0.1, 0.15) is 11.5 Å². The van der Waals surface area contributed by atoms with Gasteiger partial charge in [-0.25, -0.2) is 0 Å². The van der Waals surface area contributed by atoms with Gasteiger partial charge in [-0.2, -0.15) is 0 Å². The van der Waals surface area contributed by atoms with Crippen LogP contribution in [0.15, 0.2) is 40.9 Å². The highest BCUT2D eigenvalue weighted by atomic mass is 16.5. The second-order valence-corrected chi connectivity index (χ2v) is 7.74. The molecular formula is C22H31N3O2. The molecule has 1 aliphatic carbocycles. The summed E-state index contributed by atoms with van der Waals surface area (Å²) in [4.78, 5) is 14.4. The lowest BCUT2D eigenvalue weighted by atomic mass is 9.85. The Balaban J connectivity index is 1.34. The Bertz CT molecular complexity index is 713. The van der Waals surface area contributed by atoms with Crippen LogP contribution in [0.3, 0.4) is 0 Å². The van der Waals surface area contributed by atoms with E-state index in [2.05, 4.69) is 5.16 Å². The Morgan fingerprint density at radius 2 is 2.04 bits per heavy atom. The highest BCUT2D eigenvalue weighted by molar-refractivity contribution is 5.78. The zero-order chi connectivity index (χ0) is 19.1. The third kappa shape index (κ3) is 5.67. The molecule has 0 radical (unpaired) electrons. The molecule has 0 saturated heterocycles. The molecule has 1 aliphatic rings. The summed E-state index contributed by atoms with van der Waals surface area (Å²) in [5.74, 6) is 1.33. The molecule has 2 unspecified atom stereocenters. The molecule has 5 heteroatoms. The van der Waals surface area contributed by atoms with Crippen molar-refractivity contribution in [2.75, 3.05) is 13.6 Å². The molecule has 1 aromatic heterocycles. The SMILES string of the molecule is CN(CCCCCc1cc(-c2ccccc2)no1)C(=O)C1CCCC(N)C1. The number of hydrogen-bond acceptors (Lipinski definition) is 4. The predicted octanol–water partition coefficient (Wildman–Crippen LogP) is 4.03. The van der Waals surface area contributed by atoms with Gasteiger partial charge in [-0.1, -0.05) is 48.3 Å². The summed E-state index contributed by atoms with van der Waals surface area (Å²) in [6.45, 7) is 0.816. The molecule has 2 atom stereocenters. The van der Waals surface area contributed by atoms with Crippen LogP contribution in [-0.4, -0.2) is 35.6 Å². The maximum absolute atomic E-state index is 12.5. The Labute approximate surface area is 161 Å². The molecule has 5 nitrogen and oxygen atoms in total. The zero-order valence-corrected chi connectivity index (χ0v) is 16.3. The van der Waals surface area contributed by atoms with Crippen molar-refractivity contribution in [3.63, 3.8) is 0 Å². The molecule has 1 saturated carbocycles. The minimum absolute atomic E-state index is 0.129. The Morgan fingerprint density at radius 1 is 1.22 bits per heavy atom. The van der Waals surface area contributed by atoms with Gasteiger partial charge in [0.25, 0.3) is 0 Å². The van der Waals surface area contributed by atoms with E-state index in [4.69, 9.17) is 10.3 Å². The number of carbonyl (C=O) groups is 1. The fraction of sp³-hybridized carbons (Fsp3) is 0.545. The van der Waals surface area contributed by atoms with Crippen LogP contribution in [0.25, 0.3) is 11.3 Å². The summed E-state index contributed by atoms with van der Waals surface area (Å²) in [6.07, 6.45) is 7.98. The van der Waals surface area contributed by atoms with Gasteiger partial charge in [0.2, 0.25) is 5.91 Å². The minimum atomic E-state index is 0.129. The number of rotatable bonds is 8. The van der Waals surface area contributed by atoms with Crippen LogP contribution in [0.4, 0.5) is 0 Å². The molecule has 3 rings (SSSR count). The lowest BCUT2D eigenvalue weighted by Gasteiger charge is -2.29. The Morgan fingerprint density at radius 3 is 2.81 bits per heavy atom. The first-order chi connectivity index (χ1) is 13.1. The molecule has 1 aromatic carbocycles. The van der Waals surface area contributed by atoms with Gasteiger partial charge in [0.05, 0.1) is 0 Å². The Hall–Kier alpha value is -2.14. The average molecular weight is 370 g/mol. The molecule has 0 spiro atoms. The van der Waals surface area contributed by atoms with E-state index in [0.29, 0.717) is 0 Å². The molecule has 0 bridgehead atoms. The standard InChI is InChI=1S/C22H31N3O2/c1-25(22(26)18-11-8-12-19(23)15-18)14-7-3-6-13-20-16-21(24-27-20)17-9-4-2-5-10-17/h2,4-5,9-10,16,18-19H,3,6-8,11-15,23H2,1H3. The fourth-order valence-electron chi connectivity index (χ4n) is 3.87. The summed E-state index contributed by atoms with van der Waals surface area (Å²) in [5, 5.41) is 4.16. The molecule has 27 heavy (non-hydrogen) atoms. The second-order valence-electron chi connectivity index (χ2n) is 7.74. The lowest BCUT2D eigenvalue weighted by molar-refractivity contribution is -0.135. The second kappa shape index (κ2) is 9.70.